The second kappa shape index (κ2) is 14.3. The topological polar surface area (TPSA) is 51.5 Å². The zero-order chi connectivity index (χ0) is 37.6. The zero-order valence-corrected chi connectivity index (χ0v) is 31.6. The molecular formula is C53H44N2O. The predicted molar refractivity (Wildman–Crippen MR) is 233 cm³/mol. The summed E-state index contributed by atoms with van der Waals surface area (Å²) in [6, 6.07) is 53.9. The average molecular weight is 725 g/mol. The van der Waals surface area contributed by atoms with Gasteiger partial charge in [-0.2, -0.15) is 0 Å². The van der Waals surface area contributed by atoms with E-state index in [0.717, 1.165) is 53.0 Å². The molecular weight excluding hydrogens is 681 g/mol. The summed E-state index contributed by atoms with van der Waals surface area (Å²) in [6.07, 6.45) is 12.5. The van der Waals surface area contributed by atoms with E-state index >= 15 is 0 Å². The largest absolute Gasteiger partial charge is 0.456 e. The fourth-order valence-electron chi connectivity index (χ4n) is 9.55. The smallest absolute Gasteiger partial charge is 0.136 e. The molecule has 0 spiro atoms. The first-order chi connectivity index (χ1) is 27.6. The molecule has 3 aliphatic rings. The standard InChI is InChI=1S/C53H44N2O/c1-34(35-14-4-2-5-15-35)55-50(36-16-6-3-7-17-36)33-49(54)40-19-12-18-39(30-40)41-23-13-24-46-42-20-8-9-21-43(42)48-31-37(27-29-47(48)53(41)46)38-26-28-45-44-22-10-11-25-51(44)56-52(45)32-38/h2-22,24-26,28,30-34,41,47,53H,23,27,29,54H2,1H3/b49-33-,55-50+. The van der Waals surface area contributed by atoms with Crippen LogP contribution in [0.25, 0.3) is 44.4 Å². The van der Waals surface area contributed by atoms with Crippen molar-refractivity contribution in [3.8, 4) is 0 Å². The third-order valence-corrected chi connectivity index (χ3v) is 12.3. The van der Waals surface area contributed by atoms with E-state index < -0.39 is 0 Å². The summed E-state index contributed by atoms with van der Waals surface area (Å²) in [5.41, 5.74) is 20.7. The molecule has 1 aromatic heterocycles. The summed E-state index contributed by atoms with van der Waals surface area (Å²) in [4.78, 5) is 5.20. The number of nitrogens with two attached hydrogens (primary N) is 1. The van der Waals surface area contributed by atoms with E-state index in [2.05, 4.69) is 165 Å². The van der Waals surface area contributed by atoms with Crippen molar-refractivity contribution in [1.82, 2.24) is 0 Å². The summed E-state index contributed by atoms with van der Waals surface area (Å²) in [7, 11) is 0. The Bertz CT molecular complexity index is 2870. The van der Waals surface area contributed by atoms with Crippen molar-refractivity contribution in [2.75, 3.05) is 0 Å². The minimum Gasteiger partial charge on any atom is -0.456 e. The highest BCUT2D eigenvalue weighted by atomic mass is 16.3. The molecule has 0 fully saturated rings. The lowest BCUT2D eigenvalue weighted by Crippen LogP contribution is -2.42. The first-order valence-electron chi connectivity index (χ1n) is 20.0. The fraction of sp³-hybridized carbons (Fsp3) is 0.151. The molecule has 2 N–H and O–H groups in total. The Kier molecular flexibility index (Phi) is 8.71. The lowest BCUT2D eigenvalue weighted by Gasteiger charge is -2.42. The van der Waals surface area contributed by atoms with Gasteiger partial charge in [-0.1, -0.05) is 146 Å². The van der Waals surface area contributed by atoms with E-state index in [4.69, 9.17) is 15.1 Å². The number of hydrogen-bond donors (Lipinski definition) is 1. The van der Waals surface area contributed by atoms with Crippen molar-refractivity contribution in [3.05, 3.63) is 214 Å². The predicted octanol–water partition coefficient (Wildman–Crippen LogP) is 11.3. The molecule has 4 atom stereocenters. The number of hydrogen-bond acceptors (Lipinski definition) is 3. The maximum Gasteiger partial charge on any atom is 0.136 e. The molecule has 0 saturated heterocycles. The van der Waals surface area contributed by atoms with Crippen molar-refractivity contribution in [1.29, 1.82) is 0 Å². The number of allylic oxidation sites excluding steroid dienone is 5. The molecule has 7 aromatic rings. The Balaban J connectivity index is 1.02. The van der Waals surface area contributed by atoms with E-state index in [1.54, 1.807) is 0 Å². The number of fused-ring (bicyclic) bond motifs is 7. The molecule has 0 radical (unpaired) electrons. The van der Waals surface area contributed by atoms with Crippen LogP contribution in [-0.4, -0.2) is 5.71 Å². The van der Waals surface area contributed by atoms with Crippen LogP contribution in [0.1, 0.15) is 66.0 Å². The summed E-state index contributed by atoms with van der Waals surface area (Å²) < 4.78 is 6.32. The Morgan fingerprint density at radius 1 is 0.696 bits per heavy atom. The molecule has 0 bridgehead atoms. The van der Waals surface area contributed by atoms with E-state index in [9.17, 15) is 0 Å². The molecule has 6 aromatic carbocycles. The zero-order valence-electron chi connectivity index (χ0n) is 31.6. The van der Waals surface area contributed by atoms with Crippen LogP contribution in [0.3, 0.4) is 0 Å². The number of benzene rings is 6. The molecule has 0 aliphatic heterocycles. The quantitative estimate of drug-likeness (QED) is 0.166. The van der Waals surface area contributed by atoms with E-state index in [0.29, 0.717) is 17.8 Å². The summed E-state index contributed by atoms with van der Waals surface area (Å²) in [5.74, 6) is 1.12. The van der Waals surface area contributed by atoms with Gasteiger partial charge in [-0.3, -0.25) is 4.99 Å². The van der Waals surface area contributed by atoms with Gasteiger partial charge in [0.1, 0.15) is 11.2 Å². The molecule has 3 heteroatoms. The molecule has 4 unspecified atom stereocenters. The van der Waals surface area contributed by atoms with Crippen molar-refractivity contribution < 1.29 is 4.42 Å². The first-order valence-corrected chi connectivity index (χ1v) is 20.0. The third kappa shape index (κ3) is 6.14. The van der Waals surface area contributed by atoms with Gasteiger partial charge in [-0.05, 0) is 129 Å². The Labute approximate surface area is 328 Å². The van der Waals surface area contributed by atoms with Crippen molar-refractivity contribution in [2.24, 2.45) is 22.6 Å². The number of aliphatic imine (C=N–C) groups is 1. The molecule has 3 aliphatic carbocycles. The van der Waals surface area contributed by atoms with Gasteiger partial charge < -0.3 is 10.2 Å². The highest BCUT2D eigenvalue weighted by Gasteiger charge is 2.39. The van der Waals surface area contributed by atoms with Gasteiger partial charge >= 0.3 is 0 Å². The summed E-state index contributed by atoms with van der Waals surface area (Å²) in [5, 5.41) is 5.08. The summed E-state index contributed by atoms with van der Waals surface area (Å²) >= 11 is 0. The second-order valence-corrected chi connectivity index (χ2v) is 15.5. The Hall–Kier alpha value is -6.45. The van der Waals surface area contributed by atoms with E-state index in [-0.39, 0.29) is 6.04 Å². The molecule has 3 nitrogen and oxygen atoms in total. The van der Waals surface area contributed by atoms with Crippen LogP contribution in [0.5, 0.6) is 0 Å². The number of nitrogens with zero attached hydrogens (tertiary/aromatic N) is 1. The van der Waals surface area contributed by atoms with E-state index in [1.165, 1.54) is 54.6 Å². The van der Waals surface area contributed by atoms with Crippen LogP contribution in [-0.2, 0) is 0 Å². The summed E-state index contributed by atoms with van der Waals surface area (Å²) in [6.45, 7) is 2.14. The first kappa shape index (κ1) is 34.1. The van der Waals surface area contributed by atoms with Crippen LogP contribution in [0.15, 0.2) is 185 Å². The highest BCUT2D eigenvalue weighted by molar-refractivity contribution is 6.12. The maximum atomic E-state index is 7.02. The molecule has 272 valence electrons. The second-order valence-electron chi connectivity index (χ2n) is 15.5. The van der Waals surface area contributed by atoms with Crippen LogP contribution < -0.4 is 16.2 Å². The molecule has 1 heterocycles. The minimum atomic E-state index is -0.0115. The monoisotopic (exact) mass is 724 g/mol. The van der Waals surface area contributed by atoms with Crippen molar-refractivity contribution in [3.63, 3.8) is 0 Å². The van der Waals surface area contributed by atoms with Gasteiger partial charge in [0.2, 0.25) is 0 Å². The van der Waals surface area contributed by atoms with Crippen molar-refractivity contribution in [2.45, 2.75) is 38.1 Å². The van der Waals surface area contributed by atoms with Crippen LogP contribution >= 0.6 is 0 Å². The minimum absolute atomic E-state index is 0.0115. The van der Waals surface area contributed by atoms with Crippen LogP contribution in [0, 0.1) is 11.8 Å². The van der Waals surface area contributed by atoms with Crippen molar-refractivity contribution >= 4 is 50.1 Å². The molecule has 10 rings (SSSR count). The lowest BCUT2D eigenvalue weighted by molar-refractivity contribution is 0.389. The van der Waals surface area contributed by atoms with Gasteiger partial charge in [0.05, 0.1) is 11.8 Å². The van der Waals surface area contributed by atoms with Gasteiger partial charge in [0, 0.05) is 16.5 Å². The number of rotatable bonds is 7. The normalized spacial score (nSPS) is 20.0. The van der Waals surface area contributed by atoms with Gasteiger partial charge in [0.15, 0.2) is 0 Å². The third-order valence-electron chi connectivity index (χ3n) is 12.3. The number of furan rings is 1. The lowest BCUT2D eigenvalue weighted by atomic mass is 9.61. The Morgan fingerprint density at radius 3 is 2.25 bits per heavy atom. The van der Waals surface area contributed by atoms with E-state index in [1.807, 2.05) is 18.2 Å². The van der Waals surface area contributed by atoms with Gasteiger partial charge in [-0.25, -0.2) is 0 Å². The van der Waals surface area contributed by atoms with Crippen LogP contribution in [0.4, 0.5) is 0 Å². The number of para-hydroxylation sites is 1. The highest BCUT2D eigenvalue weighted by Crippen LogP contribution is 2.50. The molecule has 0 amide bonds. The molecule has 0 saturated carbocycles. The average Bonchev–Trinajstić information content (AvgIpc) is 3.64. The fourth-order valence-corrected chi connectivity index (χ4v) is 9.55. The SMILES string of the molecule is CC(/N=C(\C=C(/N)c1cccc(C2CC=CC3=c4ccccc4=C4C=C(c5ccc6c(c5)oc5ccccc56)CCC4C32)c1)c1ccccc1)c1ccccc1. The Morgan fingerprint density at radius 2 is 1.41 bits per heavy atom. The van der Waals surface area contributed by atoms with Gasteiger partial charge in [-0.15, -0.1) is 0 Å². The van der Waals surface area contributed by atoms with Crippen LogP contribution in [0.2, 0.25) is 0 Å². The van der Waals surface area contributed by atoms with Gasteiger partial charge in [0.25, 0.3) is 0 Å². The molecule has 56 heavy (non-hydrogen) atoms. The maximum absolute atomic E-state index is 7.02.